The van der Waals surface area contributed by atoms with E-state index in [1.54, 1.807) is 0 Å². The smallest absolute Gasteiger partial charge is 0.224 e. The molecule has 0 saturated carbocycles. The van der Waals surface area contributed by atoms with Gasteiger partial charge in [-0.05, 0) is 42.9 Å². The molecule has 2 aliphatic rings. The zero-order chi connectivity index (χ0) is 16.4. The third-order valence-corrected chi connectivity index (χ3v) is 5.09. The Hall–Kier alpha value is -2.14. The summed E-state index contributed by atoms with van der Waals surface area (Å²) in [6.45, 7) is 2.55. The summed E-state index contributed by atoms with van der Waals surface area (Å²) < 4.78 is 7.57. The van der Waals surface area contributed by atoms with Crippen molar-refractivity contribution in [1.82, 2.24) is 9.55 Å². The highest BCUT2D eigenvalue weighted by atomic mass is 16.5. The Bertz CT molecular complexity index is 702. The first-order valence-corrected chi connectivity index (χ1v) is 8.77. The maximum absolute atomic E-state index is 12.1. The summed E-state index contributed by atoms with van der Waals surface area (Å²) in [5.41, 5.74) is 3.45. The highest BCUT2D eigenvalue weighted by molar-refractivity contribution is 5.90. The van der Waals surface area contributed by atoms with Crippen LogP contribution in [0, 0.1) is 5.92 Å². The van der Waals surface area contributed by atoms with Crippen molar-refractivity contribution in [3.63, 3.8) is 0 Å². The molecule has 2 aromatic rings. The van der Waals surface area contributed by atoms with E-state index >= 15 is 0 Å². The van der Waals surface area contributed by atoms with Crippen molar-refractivity contribution >= 4 is 11.6 Å². The van der Waals surface area contributed by atoms with Crippen LogP contribution in [-0.2, 0) is 16.1 Å². The molecule has 0 spiro atoms. The Morgan fingerprint density at radius 2 is 2.17 bits per heavy atom. The first kappa shape index (κ1) is 15.4. The van der Waals surface area contributed by atoms with E-state index in [1.165, 1.54) is 17.7 Å². The minimum Gasteiger partial charge on any atom is -0.381 e. The summed E-state index contributed by atoms with van der Waals surface area (Å²) in [5.74, 6) is 0.849. The molecule has 1 amide bonds. The molecule has 0 bridgehead atoms. The molecule has 5 heteroatoms. The summed E-state index contributed by atoms with van der Waals surface area (Å²) >= 11 is 0. The molecule has 1 saturated heterocycles. The van der Waals surface area contributed by atoms with Gasteiger partial charge in [0.25, 0.3) is 0 Å². The van der Waals surface area contributed by atoms with Crippen LogP contribution in [0.3, 0.4) is 0 Å². The van der Waals surface area contributed by atoms with Gasteiger partial charge >= 0.3 is 0 Å². The first-order valence-electron chi connectivity index (χ1n) is 8.77. The number of imidazole rings is 1. The van der Waals surface area contributed by atoms with E-state index in [1.807, 2.05) is 24.7 Å². The second-order valence-electron chi connectivity index (χ2n) is 6.81. The van der Waals surface area contributed by atoms with E-state index < -0.39 is 0 Å². The fraction of sp³-hybridized carbons (Fsp3) is 0.474. The minimum absolute atomic E-state index is 0.0778. The third kappa shape index (κ3) is 3.22. The number of fused-ring (bicyclic) bond motifs is 1. The van der Waals surface area contributed by atoms with E-state index in [4.69, 9.17) is 4.74 Å². The Labute approximate surface area is 142 Å². The fourth-order valence-corrected chi connectivity index (χ4v) is 3.78. The number of carbonyl (C=O) groups is 1. The van der Waals surface area contributed by atoms with Gasteiger partial charge in [-0.2, -0.15) is 0 Å². The van der Waals surface area contributed by atoms with Gasteiger partial charge in [0.15, 0.2) is 0 Å². The number of nitrogens with zero attached hydrogens (tertiary/aromatic N) is 2. The number of hydrogen-bond acceptors (Lipinski definition) is 3. The summed E-state index contributed by atoms with van der Waals surface area (Å²) in [7, 11) is 0. The van der Waals surface area contributed by atoms with Gasteiger partial charge in [0.05, 0.1) is 6.33 Å². The maximum Gasteiger partial charge on any atom is 0.224 e. The number of hydrogen-bond donors (Lipinski definition) is 1. The molecule has 1 aromatic carbocycles. The lowest BCUT2D eigenvalue weighted by molar-refractivity contribution is -0.117. The molecule has 3 heterocycles. The molecule has 4 rings (SSSR count). The molecule has 5 nitrogen and oxygen atoms in total. The Balaban J connectivity index is 1.41. The number of aryl methyl sites for hydroxylation is 1. The number of benzene rings is 1. The molecular formula is C19H23N3O2. The summed E-state index contributed by atoms with van der Waals surface area (Å²) in [6, 6.07) is 8.27. The van der Waals surface area contributed by atoms with Gasteiger partial charge in [0.2, 0.25) is 5.91 Å². The normalized spacial score (nSPS) is 23.0. The maximum atomic E-state index is 12.1. The Morgan fingerprint density at radius 3 is 2.96 bits per heavy atom. The lowest BCUT2D eigenvalue weighted by Crippen LogP contribution is -2.17. The average Bonchev–Trinajstić information content (AvgIpc) is 3.26. The van der Waals surface area contributed by atoms with Crippen LogP contribution in [0.4, 0.5) is 5.69 Å². The van der Waals surface area contributed by atoms with Gasteiger partial charge in [0.1, 0.15) is 0 Å². The van der Waals surface area contributed by atoms with Crippen molar-refractivity contribution in [2.24, 2.45) is 5.92 Å². The molecule has 0 aliphatic carbocycles. The molecule has 2 atom stereocenters. The molecule has 126 valence electrons. The standard InChI is InChI=1S/C19H23N3O2/c23-19(10-14-7-9-24-12-14)21-16-5-3-15(4-6-16)17-2-1-8-22-13-20-11-18(17)22/h3-6,11,13-14,17H,1-2,7-10,12H2,(H,21,23)/t14-,17-/m1/s1. The number of ether oxygens (including phenoxy) is 1. The predicted octanol–water partition coefficient (Wildman–Crippen LogP) is 3.17. The van der Waals surface area contributed by atoms with Crippen LogP contribution in [0.25, 0.3) is 0 Å². The number of carbonyl (C=O) groups excluding carboxylic acids is 1. The van der Waals surface area contributed by atoms with Gasteiger partial charge in [-0.3, -0.25) is 4.79 Å². The summed E-state index contributed by atoms with van der Waals surface area (Å²) in [5, 5.41) is 3.00. The van der Waals surface area contributed by atoms with Crippen molar-refractivity contribution in [2.45, 2.75) is 38.1 Å². The van der Waals surface area contributed by atoms with E-state index in [2.05, 4.69) is 27.0 Å². The highest BCUT2D eigenvalue weighted by Crippen LogP contribution is 2.33. The second-order valence-corrected chi connectivity index (χ2v) is 6.81. The van der Waals surface area contributed by atoms with Gasteiger partial charge in [-0.15, -0.1) is 0 Å². The molecular weight excluding hydrogens is 302 g/mol. The van der Waals surface area contributed by atoms with Crippen LogP contribution in [0.5, 0.6) is 0 Å². The van der Waals surface area contributed by atoms with Crippen LogP contribution in [-0.4, -0.2) is 28.7 Å². The van der Waals surface area contributed by atoms with Gasteiger partial charge in [-0.1, -0.05) is 12.1 Å². The van der Waals surface area contributed by atoms with E-state index in [0.717, 1.165) is 31.7 Å². The molecule has 0 radical (unpaired) electrons. The Kier molecular flexibility index (Phi) is 4.34. The third-order valence-electron chi connectivity index (χ3n) is 5.09. The van der Waals surface area contributed by atoms with Crippen LogP contribution < -0.4 is 5.32 Å². The summed E-state index contributed by atoms with van der Waals surface area (Å²) in [6.07, 6.45) is 7.76. The molecule has 1 N–H and O–H groups in total. The predicted molar refractivity (Wildman–Crippen MR) is 91.9 cm³/mol. The van der Waals surface area contributed by atoms with Gasteiger partial charge in [-0.25, -0.2) is 4.98 Å². The molecule has 1 aromatic heterocycles. The second kappa shape index (κ2) is 6.77. The van der Waals surface area contributed by atoms with Crippen molar-refractivity contribution < 1.29 is 9.53 Å². The van der Waals surface area contributed by atoms with E-state index in [-0.39, 0.29) is 5.91 Å². The molecule has 0 unspecified atom stereocenters. The van der Waals surface area contributed by atoms with Crippen LogP contribution in [0.15, 0.2) is 36.8 Å². The van der Waals surface area contributed by atoms with Gasteiger partial charge in [0, 0.05) is 49.7 Å². The lowest BCUT2D eigenvalue weighted by Gasteiger charge is -2.24. The molecule has 2 aliphatic heterocycles. The van der Waals surface area contributed by atoms with Crippen LogP contribution >= 0.6 is 0 Å². The summed E-state index contributed by atoms with van der Waals surface area (Å²) in [4.78, 5) is 16.4. The van der Waals surface area contributed by atoms with Crippen molar-refractivity contribution in [3.8, 4) is 0 Å². The minimum atomic E-state index is 0.0778. The van der Waals surface area contributed by atoms with Crippen LogP contribution in [0.2, 0.25) is 0 Å². The zero-order valence-electron chi connectivity index (χ0n) is 13.8. The number of rotatable bonds is 4. The topological polar surface area (TPSA) is 56.1 Å². The Morgan fingerprint density at radius 1 is 1.29 bits per heavy atom. The number of anilines is 1. The highest BCUT2D eigenvalue weighted by Gasteiger charge is 2.22. The van der Waals surface area contributed by atoms with E-state index in [0.29, 0.717) is 24.9 Å². The van der Waals surface area contributed by atoms with Crippen molar-refractivity contribution in [3.05, 3.63) is 48.0 Å². The van der Waals surface area contributed by atoms with Crippen molar-refractivity contribution in [2.75, 3.05) is 18.5 Å². The zero-order valence-corrected chi connectivity index (χ0v) is 13.8. The van der Waals surface area contributed by atoms with Crippen molar-refractivity contribution in [1.29, 1.82) is 0 Å². The number of nitrogens with one attached hydrogen (secondary N) is 1. The first-order chi connectivity index (χ1) is 11.8. The average molecular weight is 325 g/mol. The van der Waals surface area contributed by atoms with Crippen LogP contribution in [0.1, 0.15) is 42.9 Å². The van der Waals surface area contributed by atoms with E-state index in [9.17, 15) is 4.79 Å². The number of aromatic nitrogens is 2. The number of amides is 1. The van der Waals surface area contributed by atoms with Gasteiger partial charge < -0.3 is 14.6 Å². The largest absolute Gasteiger partial charge is 0.381 e. The lowest BCUT2D eigenvalue weighted by atomic mass is 9.89. The molecule has 1 fully saturated rings. The molecule has 24 heavy (non-hydrogen) atoms. The quantitative estimate of drug-likeness (QED) is 0.939. The monoisotopic (exact) mass is 325 g/mol. The fourth-order valence-electron chi connectivity index (χ4n) is 3.78. The SMILES string of the molecule is O=C(C[C@H]1CCOC1)Nc1ccc([C@H]2CCCn3cncc32)cc1.